The molecule has 0 bridgehead atoms. The van der Waals surface area contributed by atoms with Gasteiger partial charge in [0.05, 0.1) is 16.8 Å². The fraction of sp³-hybridized carbons (Fsp3) is 0.0476. The van der Waals surface area contributed by atoms with E-state index in [0.717, 1.165) is 22.6 Å². The summed E-state index contributed by atoms with van der Waals surface area (Å²) in [4.78, 5) is 2.20. The van der Waals surface area contributed by atoms with Crippen LogP contribution in [0, 0.1) is 11.3 Å². The number of hydrogen-bond donors (Lipinski definition) is 0. The molecular formula is C21H16N3+. The first kappa shape index (κ1) is 14.2. The first-order chi connectivity index (χ1) is 11.9. The molecule has 24 heavy (non-hydrogen) atoms. The van der Waals surface area contributed by atoms with E-state index in [1.54, 1.807) is 0 Å². The number of benzene rings is 3. The Morgan fingerprint density at radius 1 is 0.833 bits per heavy atom. The molecule has 0 atom stereocenters. The first-order valence-electron chi connectivity index (χ1n) is 7.89. The third-order valence-electron chi connectivity index (χ3n) is 4.20. The number of nitriles is 1. The second kappa shape index (κ2) is 6.02. The van der Waals surface area contributed by atoms with Crippen LogP contribution in [0.2, 0.25) is 0 Å². The third kappa shape index (κ3) is 2.45. The van der Waals surface area contributed by atoms with Crippen LogP contribution in [-0.2, 0) is 0 Å². The molecule has 0 N–H and O–H groups in total. The van der Waals surface area contributed by atoms with E-state index in [-0.39, 0.29) is 0 Å². The van der Waals surface area contributed by atoms with Gasteiger partial charge in [0.1, 0.15) is 6.07 Å². The highest BCUT2D eigenvalue weighted by Gasteiger charge is 2.27. The van der Waals surface area contributed by atoms with Crippen LogP contribution in [0.25, 0.3) is 0 Å². The number of hydrogen-bond acceptors (Lipinski definition) is 2. The summed E-state index contributed by atoms with van der Waals surface area (Å²) in [5.74, 6) is 0. The fourth-order valence-electron chi connectivity index (χ4n) is 3.08. The van der Waals surface area contributed by atoms with E-state index in [2.05, 4.69) is 52.1 Å². The van der Waals surface area contributed by atoms with Crippen molar-refractivity contribution in [1.82, 2.24) is 0 Å². The Labute approximate surface area is 141 Å². The molecule has 0 saturated carbocycles. The van der Waals surface area contributed by atoms with Crippen molar-refractivity contribution in [1.29, 1.82) is 5.26 Å². The molecule has 4 rings (SSSR count). The summed E-state index contributed by atoms with van der Waals surface area (Å²) in [5, 5.41) is 9.54. The van der Waals surface area contributed by atoms with Crippen LogP contribution >= 0.6 is 0 Å². The summed E-state index contributed by atoms with van der Waals surface area (Å²) < 4.78 is 2.20. The van der Waals surface area contributed by atoms with Crippen LogP contribution in [0.3, 0.4) is 0 Å². The van der Waals surface area contributed by atoms with E-state index in [0.29, 0.717) is 12.2 Å². The van der Waals surface area contributed by atoms with Crippen molar-refractivity contribution in [3.05, 3.63) is 90.0 Å². The van der Waals surface area contributed by atoms with Crippen LogP contribution < -0.4 is 4.90 Å². The lowest BCUT2D eigenvalue weighted by Crippen LogP contribution is -2.32. The molecule has 3 aromatic carbocycles. The van der Waals surface area contributed by atoms with Gasteiger partial charge in [0.25, 0.3) is 0 Å². The van der Waals surface area contributed by atoms with E-state index in [1.165, 1.54) is 0 Å². The summed E-state index contributed by atoms with van der Waals surface area (Å²) in [7, 11) is 0. The van der Waals surface area contributed by atoms with Crippen LogP contribution in [0.1, 0.15) is 11.1 Å². The maximum atomic E-state index is 9.54. The summed E-state index contributed by atoms with van der Waals surface area (Å²) in [6.45, 7) is 0.666. The molecule has 1 aliphatic rings. The van der Waals surface area contributed by atoms with Gasteiger partial charge in [0, 0.05) is 17.8 Å². The number of para-hydroxylation sites is 3. The Balaban J connectivity index is 1.91. The van der Waals surface area contributed by atoms with Crippen molar-refractivity contribution in [2.45, 2.75) is 0 Å². The highest BCUT2D eigenvalue weighted by molar-refractivity contribution is 5.91. The predicted molar refractivity (Wildman–Crippen MR) is 96.1 cm³/mol. The first-order valence-corrected chi connectivity index (χ1v) is 7.89. The molecule has 3 heteroatoms. The zero-order chi connectivity index (χ0) is 16.4. The number of anilines is 2. The summed E-state index contributed by atoms with van der Waals surface area (Å²) >= 11 is 0. The van der Waals surface area contributed by atoms with Gasteiger partial charge in [0.2, 0.25) is 12.4 Å². The number of rotatable bonds is 2. The molecule has 114 valence electrons. The largest absolute Gasteiger partial charge is 0.284 e. The smallest absolute Gasteiger partial charge is 0.228 e. The Kier molecular flexibility index (Phi) is 3.57. The van der Waals surface area contributed by atoms with E-state index >= 15 is 0 Å². The molecule has 0 radical (unpaired) electrons. The Morgan fingerprint density at radius 3 is 2.25 bits per heavy atom. The minimum absolute atomic E-state index is 0.666. The summed E-state index contributed by atoms with van der Waals surface area (Å²) in [6, 6.07) is 28.7. The van der Waals surface area contributed by atoms with Crippen LogP contribution in [0.5, 0.6) is 0 Å². The molecular weight excluding hydrogens is 294 g/mol. The lowest BCUT2D eigenvalue weighted by molar-refractivity contribution is -0.434. The average Bonchev–Trinajstić information content (AvgIpc) is 2.68. The van der Waals surface area contributed by atoms with Gasteiger partial charge >= 0.3 is 0 Å². The molecule has 3 nitrogen and oxygen atoms in total. The molecule has 0 aliphatic carbocycles. The maximum Gasteiger partial charge on any atom is 0.228 e. The average molecular weight is 310 g/mol. The van der Waals surface area contributed by atoms with E-state index in [9.17, 15) is 5.26 Å². The molecule has 1 heterocycles. The minimum atomic E-state index is 0.666. The van der Waals surface area contributed by atoms with Crippen molar-refractivity contribution >= 4 is 23.3 Å². The predicted octanol–water partition coefficient (Wildman–Crippen LogP) is 4.43. The zero-order valence-corrected chi connectivity index (χ0v) is 13.1. The molecule has 0 fully saturated rings. The van der Waals surface area contributed by atoms with Crippen LogP contribution in [0.4, 0.5) is 17.1 Å². The zero-order valence-electron chi connectivity index (χ0n) is 13.1. The normalized spacial score (nSPS) is 13.0. The van der Waals surface area contributed by atoms with Gasteiger partial charge in [-0.1, -0.05) is 42.5 Å². The molecule has 0 amide bonds. The van der Waals surface area contributed by atoms with Gasteiger partial charge in [0.15, 0.2) is 6.21 Å². The minimum Gasteiger partial charge on any atom is -0.284 e. The maximum absolute atomic E-state index is 9.54. The molecule has 0 saturated heterocycles. The van der Waals surface area contributed by atoms with Crippen molar-refractivity contribution in [3.8, 4) is 6.07 Å². The van der Waals surface area contributed by atoms with Gasteiger partial charge in [-0.05, 0) is 24.3 Å². The summed E-state index contributed by atoms with van der Waals surface area (Å²) in [6.07, 6.45) is 2.12. The Bertz CT molecular complexity index is 938. The monoisotopic (exact) mass is 310 g/mol. The second-order valence-electron chi connectivity index (χ2n) is 5.69. The van der Waals surface area contributed by atoms with Crippen molar-refractivity contribution in [2.24, 2.45) is 0 Å². The van der Waals surface area contributed by atoms with Gasteiger partial charge in [-0.15, -0.1) is 0 Å². The highest BCUT2D eigenvalue weighted by atomic mass is 15.3. The van der Waals surface area contributed by atoms with Gasteiger partial charge in [-0.2, -0.15) is 9.84 Å². The highest BCUT2D eigenvalue weighted by Crippen LogP contribution is 2.34. The quantitative estimate of drug-likeness (QED) is 0.655. The Morgan fingerprint density at radius 2 is 1.54 bits per heavy atom. The van der Waals surface area contributed by atoms with Crippen LogP contribution in [-0.4, -0.2) is 17.5 Å². The lowest BCUT2D eigenvalue weighted by atomic mass is 10.0. The molecule has 1 aliphatic heterocycles. The molecule has 3 aromatic rings. The molecule has 0 spiro atoms. The topological polar surface area (TPSA) is 30.0 Å². The standard InChI is InChI=1S/C21H16N3/c22-14-17-8-7-9-18-15-23(19-10-3-1-4-11-19)16-24(21(17)18)20-12-5-2-6-13-20/h1-13,15H,16H2/q+1. The van der Waals surface area contributed by atoms with E-state index < -0.39 is 0 Å². The van der Waals surface area contributed by atoms with Gasteiger partial charge in [-0.25, -0.2) is 0 Å². The lowest BCUT2D eigenvalue weighted by Gasteiger charge is -2.28. The van der Waals surface area contributed by atoms with Gasteiger partial charge < -0.3 is 0 Å². The SMILES string of the molecule is N#Cc1cccc2c1N(c1ccccc1)C[N+](c1ccccc1)=C2. The number of nitrogens with zero attached hydrogens (tertiary/aromatic N) is 3. The fourth-order valence-corrected chi connectivity index (χ4v) is 3.08. The Hall–Kier alpha value is -3.38. The summed E-state index contributed by atoms with van der Waals surface area (Å²) in [5.41, 5.74) is 4.92. The van der Waals surface area contributed by atoms with Gasteiger partial charge in [-0.3, -0.25) is 4.90 Å². The molecule has 0 aromatic heterocycles. The second-order valence-corrected chi connectivity index (χ2v) is 5.69. The van der Waals surface area contributed by atoms with Crippen LogP contribution in [0.15, 0.2) is 78.9 Å². The van der Waals surface area contributed by atoms with Crippen molar-refractivity contribution in [2.75, 3.05) is 11.6 Å². The van der Waals surface area contributed by atoms with E-state index in [4.69, 9.17) is 0 Å². The third-order valence-corrected chi connectivity index (χ3v) is 4.20. The van der Waals surface area contributed by atoms with Crippen molar-refractivity contribution < 1.29 is 4.58 Å². The van der Waals surface area contributed by atoms with E-state index in [1.807, 2.05) is 48.5 Å². The number of fused-ring (bicyclic) bond motifs is 1. The molecule has 0 unspecified atom stereocenters. The van der Waals surface area contributed by atoms with Crippen molar-refractivity contribution in [3.63, 3.8) is 0 Å².